The molecule has 176 valence electrons. The first-order chi connectivity index (χ1) is 17.1. The Bertz CT molecular complexity index is 1350. The van der Waals surface area contributed by atoms with E-state index < -0.39 is 0 Å². The number of halogens is 1. The van der Waals surface area contributed by atoms with Gasteiger partial charge in [-0.05, 0) is 54.4 Å². The van der Waals surface area contributed by atoms with Crippen molar-refractivity contribution < 1.29 is 9.53 Å². The van der Waals surface area contributed by atoms with Crippen molar-refractivity contribution in [2.75, 3.05) is 18.2 Å². The number of ether oxygens (including phenoxy) is 1. The normalized spacial score (nSPS) is 10.5. The van der Waals surface area contributed by atoms with Crippen LogP contribution in [0.3, 0.4) is 0 Å². The number of thioether (sulfide) groups is 1. The molecular formula is C26H22ClN5O2S. The standard InChI is InChI=1S/C26H22ClN5O2S/c1-34-22-11-8-19(9-12-22)25-30-31-26(32(25)14-13-18-5-3-2-4-6-18)35-17-24(33)29-23-15-21(27)10-7-20(23)16-28/h2-12,15H,13-14,17H2,1H3,(H,29,33). The molecule has 9 heteroatoms. The first-order valence-corrected chi connectivity index (χ1v) is 12.2. The van der Waals surface area contributed by atoms with Crippen LogP contribution >= 0.6 is 23.4 Å². The van der Waals surface area contributed by atoms with Crippen LogP contribution in [0.2, 0.25) is 5.02 Å². The van der Waals surface area contributed by atoms with E-state index in [0.29, 0.717) is 33.8 Å². The van der Waals surface area contributed by atoms with Crippen LogP contribution in [0.25, 0.3) is 11.4 Å². The quantitative estimate of drug-likeness (QED) is 0.305. The Balaban J connectivity index is 1.53. The lowest BCUT2D eigenvalue weighted by Gasteiger charge is -2.11. The minimum Gasteiger partial charge on any atom is -0.497 e. The number of hydrogen-bond donors (Lipinski definition) is 1. The van der Waals surface area contributed by atoms with Gasteiger partial charge in [0.15, 0.2) is 11.0 Å². The lowest BCUT2D eigenvalue weighted by molar-refractivity contribution is -0.113. The van der Waals surface area contributed by atoms with E-state index in [9.17, 15) is 10.1 Å². The van der Waals surface area contributed by atoms with Crippen LogP contribution in [-0.4, -0.2) is 33.5 Å². The summed E-state index contributed by atoms with van der Waals surface area (Å²) >= 11 is 7.31. The summed E-state index contributed by atoms with van der Waals surface area (Å²) < 4.78 is 7.28. The number of aromatic nitrogens is 3. The average Bonchev–Trinajstić information content (AvgIpc) is 3.29. The largest absolute Gasteiger partial charge is 0.497 e. The summed E-state index contributed by atoms with van der Waals surface area (Å²) in [5.74, 6) is 1.31. The smallest absolute Gasteiger partial charge is 0.234 e. The minimum atomic E-state index is -0.266. The molecule has 1 heterocycles. The number of carbonyl (C=O) groups excluding carboxylic acids is 1. The fraction of sp³-hybridized carbons (Fsp3) is 0.154. The molecule has 1 amide bonds. The van der Waals surface area contributed by atoms with Gasteiger partial charge in [0.25, 0.3) is 0 Å². The van der Waals surface area contributed by atoms with Crippen LogP contribution in [0.15, 0.2) is 78.0 Å². The summed E-state index contributed by atoms with van der Waals surface area (Å²) in [5, 5.41) is 21.9. The zero-order valence-corrected chi connectivity index (χ0v) is 20.5. The first kappa shape index (κ1) is 24.3. The molecule has 35 heavy (non-hydrogen) atoms. The van der Waals surface area contributed by atoms with E-state index in [1.807, 2.05) is 47.0 Å². The van der Waals surface area contributed by atoms with Crippen LogP contribution in [0.1, 0.15) is 11.1 Å². The van der Waals surface area contributed by atoms with Gasteiger partial charge in [0, 0.05) is 17.1 Å². The van der Waals surface area contributed by atoms with Crippen LogP contribution < -0.4 is 10.1 Å². The molecule has 1 N–H and O–H groups in total. The predicted octanol–water partition coefficient (Wildman–Crippen LogP) is 5.45. The SMILES string of the molecule is COc1ccc(-c2nnc(SCC(=O)Nc3cc(Cl)ccc3C#N)n2CCc2ccccc2)cc1. The molecular weight excluding hydrogens is 482 g/mol. The van der Waals surface area contributed by atoms with Gasteiger partial charge in [0.05, 0.1) is 24.1 Å². The molecule has 0 aliphatic heterocycles. The number of nitrogens with one attached hydrogen (secondary N) is 1. The number of amides is 1. The number of anilines is 1. The summed E-state index contributed by atoms with van der Waals surface area (Å²) in [6, 6.07) is 24.6. The zero-order valence-electron chi connectivity index (χ0n) is 18.9. The van der Waals surface area contributed by atoms with E-state index in [0.717, 1.165) is 17.7 Å². The molecule has 1 aromatic heterocycles. The van der Waals surface area contributed by atoms with Crippen molar-refractivity contribution >= 4 is 35.0 Å². The Labute approximate surface area is 212 Å². The maximum atomic E-state index is 12.6. The molecule has 0 radical (unpaired) electrons. The number of carbonyl (C=O) groups is 1. The molecule has 0 unspecified atom stereocenters. The topological polar surface area (TPSA) is 92.8 Å². The maximum Gasteiger partial charge on any atom is 0.234 e. The molecule has 0 aliphatic rings. The van der Waals surface area contributed by atoms with Crippen molar-refractivity contribution in [3.05, 3.63) is 88.9 Å². The average molecular weight is 504 g/mol. The van der Waals surface area contributed by atoms with Crippen LogP contribution in [0.5, 0.6) is 5.75 Å². The first-order valence-electron chi connectivity index (χ1n) is 10.8. The van der Waals surface area contributed by atoms with Gasteiger partial charge in [0.2, 0.25) is 5.91 Å². The number of aryl methyl sites for hydroxylation is 1. The minimum absolute atomic E-state index is 0.101. The van der Waals surface area contributed by atoms with Crippen molar-refractivity contribution in [2.45, 2.75) is 18.1 Å². The number of nitriles is 1. The second kappa shape index (κ2) is 11.6. The molecule has 0 fully saturated rings. The number of nitrogens with zero attached hydrogens (tertiary/aromatic N) is 4. The fourth-order valence-corrected chi connectivity index (χ4v) is 4.41. The Hall–Kier alpha value is -3.80. The van der Waals surface area contributed by atoms with E-state index >= 15 is 0 Å². The molecule has 0 saturated carbocycles. The third-order valence-corrected chi connectivity index (χ3v) is 6.44. The second-order valence-electron chi connectivity index (χ2n) is 7.56. The highest BCUT2D eigenvalue weighted by atomic mass is 35.5. The second-order valence-corrected chi connectivity index (χ2v) is 8.94. The number of rotatable bonds is 9. The summed E-state index contributed by atoms with van der Waals surface area (Å²) in [6.07, 6.45) is 0.788. The lowest BCUT2D eigenvalue weighted by Crippen LogP contribution is -2.15. The molecule has 4 aromatic rings. The zero-order chi connectivity index (χ0) is 24.6. The van der Waals surface area contributed by atoms with Crippen molar-refractivity contribution in [1.29, 1.82) is 5.26 Å². The van der Waals surface area contributed by atoms with Gasteiger partial charge in [-0.15, -0.1) is 10.2 Å². The maximum absolute atomic E-state index is 12.6. The van der Waals surface area contributed by atoms with Crippen LogP contribution in [0, 0.1) is 11.3 Å². The molecule has 3 aromatic carbocycles. The van der Waals surface area contributed by atoms with Gasteiger partial charge in [-0.2, -0.15) is 5.26 Å². The van der Waals surface area contributed by atoms with E-state index in [2.05, 4.69) is 33.7 Å². The Morgan fingerprint density at radius 2 is 1.89 bits per heavy atom. The van der Waals surface area contributed by atoms with Crippen molar-refractivity contribution in [2.24, 2.45) is 0 Å². The van der Waals surface area contributed by atoms with Crippen molar-refractivity contribution in [3.8, 4) is 23.2 Å². The third-order valence-electron chi connectivity index (χ3n) is 5.24. The van der Waals surface area contributed by atoms with E-state index in [1.165, 1.54) is 17.3 Å². The van der Waals surface area contributed by atoms with Gasteiger partial charge in [-0.25, -0.2) is 0 Å². The predicted molar refractivity (Wildman–Crippen MR) is 138 cm³/mol. The van der Waals surface area contributed by atoms with Crippen molar-refractivity contribution in [3.63, 3.8) is 0 Å². The Kier molecular flexibility index (Phi) is 8.03. The van der Waals surface area contributed by atoms with Gasteiger partial charge in [0.1, 0.15) is 11.8 Å². The van der Waals surface area contributed by atoms with Crippen LogP contribution in [-0.2, 0) is 17.8 Å². The molecule has 0 atom stereocenters. The Morgan fingerprint density at radius 1 is 1.11 bits per heavy atom. The van der Waals surface area contributed by atoms with Crippen molar-refractivity contribution in [1.82, 2.24) is 14.8 Å². The highest BCUT2D eigenvalue weighted by molar-refractivity contribution is 7.99. The monoisotopic (exact) mass is 503 g/mol. The molecule has 0 spiro atoms. The summed E-state index contributed by atoms with van der Waals surface area (Å²) in [6.45, 7) is 0.648. The van der Waals surface area contributed by atoms with Gasteiger partial charge >= 0.3 is 0 Å². The third kappa shape index (κ3) is 6.21. The molecule has 7 nitrogen and oxygen atoms in total. The molecule has 0 bridgehead atoms. The summed E-state index contributed by atoms with van der Waals surface area (Å²) in [4.78, 5) is 12.6. The van der Waals surface area contributed by atoms with Crippen LogP contribution in [0.4, 0.5) is 5.69 Å². The fourth-order valence-electron chi connectivity index (χ4n) is 3.47. The number of methoxy groups -OCH3 is 1. The molecule has 0 aliphatic carbocycles. The highest BCUT2D eigenvalue weighted by Crippen LogP contribution is 2.27. The number of hydrogen-bond acceptors (Lipinski definition) is 6. The highest BCUT2D eigenvalue weighted by Gasteiger charge is 2.17. The Morgan fingerprint density at radius 3 is 2.60 bits per heavy atom. The van der Waals surface area contributed by atoms with E-state index in [1.54, 1.807) is 25.3 Å². The van der Waals surface area contributed by atoms with Gasteiger partial charge in [-0.3, -0.25) is 4.79 Å². The number of benzene rings is 3. The lowest BCUT2D eigenvalue weighted by atomic mass is 10.1. The molecule has 4 rings (SSSR count). The van der Waals surface area contributed by atoms with Gasteiger partial charge < -0.3 is 14.6 Å². The molecule has 0 saturated heterocycles. The summed E-state index contributed by atoms with van der Waals surface area (Å²) in [5.41, 5.74) is 2.83. The van der Waals surface area contributed by atoms with E-state index in [-0.39, 0.29) is 11.7 Å². The van der Waals surface area contributed by atoms with Gasteiger partial charge in [-0.1, -0.05) is 53.7 Å². The summed E-state index contributed by atoms with van der Waals surface area (Å²) in [7, 11) is 1.63. The van der Waals surface area contributed by atoms with E-state index in [4.69, 9.17) is 16.3 Å².